The van der Waals surface area contributed by atoms with Crippen molar-refractivity contribution in [2.75, 3.05) is 32.7 Å². The van der Waals surface area contributed by atoms with Gasteiger partial charge in [-0.2, -0.15) is 0 Å². The van der Waals surface area contributed by atoms with Crippen LogP contribution in [0.1, 0.15) is 43.9 Å². The van der Waals surface area contributed by atoms with Gasteiger partial charge in [-0.05, 0) is 47.1 Å². The molecule has 1 saturated carbocycles. The van der Waals surface area contributed by atoms with Crippen LogP contribution in [-0.2, 0) is 9.59 Å². The van der Waals surface area contributed by atoms with Crippen LogP contribution < -0.4 is 0 Å². The van der Waals surface area contributed by atoms with Crippen LogP contribution in [0, 0.1) is 23.2 Å². The number of aliphatic hydroxyl groups is 2. The van der Waals surface area contributed by atoms with Crippen LogP contribution in [0.25, 0.3) is 0 Å². The zero-order valence-electron chi connectivity index (χ0n) is 22.2. The number of benzene rings is 2. The fourth-order valence-electron chi connectivity index (χ4n) is 5.91. The third-order valence-electron chi connectivity index (χ3n) is 8.59. The fourth-order valence-corrected chi connectivity index (χ4v) is 5.91. The highest BCUT2D eigenvalue weighted by Gasteiger charge is 2.49. The van der Waals surface area contributed by atoms with Gasteiger partial charge in [0.15, 0.2) is 12.2 Å². The number of aliphatic hydroxyl groups excluding tert-OH is 2. The number of hydrogen-bond acceptors (Lipinski definition) is 6. The van der Waals surface area contributed by atoms with E-state index in [-0.39, 0.29) is 0 Å². The Labute approximate surface area is 224 Å². The molecule has 4 N–H and O–H groups in total. The number of fused-ring (bicyclic) bond motifs is 2. The minimum atomic E-state index is -2.27. The van der Waals surface area contributed by atoms with Crippen LogP contribution >= 0.6 is 0 Å². The monoisotopic (exact) mass is 524 g/mol. The van der Waals surface area contributed by atoms with Crippen molar-refractivity contribution in [1.29, 1.82) is 0 Å². The smallest absolute Gasteiger partial charge is 0.335 e. The molecule has 3 fully saturated rings. The van der Waals surface area contributed by atoms with Gasteiger partial charge in [0.25, 0.3) is 0 Å². The first kappa shape index (κ1) is 28.2. The van der Waals surface area contributed by atoms with Crippen molar-refractivity contribution in [3.8, 4) is 0 Å². The summed E-state index contributed by atoms with van der Waals surface area (Å²) in [6.07, 6.45) is -1.60. The predicted octanol–water partition coefficient (Wildman–Crippen LogP) is 2.95. The lowest BCUT2D eigenvalue weighted by Gasteiger charge is -2.57. The number of likely N-dealkylation sites (tertiary alicyclic amines) is 2. The molecule has 5 rings (SSSR count). The molecule has 0 radical (unpaired) electrons. The summed E-state index contributed by atoms with van der Waals surface area (Å²) in [5, 5.41) is 32.5. The Hall–Kier alpha value is -2.78. The van der Waals surface area contributed by atoms with Gasteiger partial charge in [0, 0.05) is 32.7 Å². The molecule has 2 aliphatic heterocycles. The number of nitrogens with zero attached hydrogens (tertiary/aromatic N) is 2. The lowest BCUT2D eigenvalue weighted by molar-refractivity contribution is -0.165. The SMILES string of the molecule is CC1(C)C2CN(CC3CC3)CC1CN(C(c1ccccc1)c1ccccc1)C2.O=C(O)C(O)C(O)C(=O)O. The highest BCUT2D eigenvalue weighted by atomic mass is 16.4. The molecule has 8 nitrogen and oxygen atoms in total. The first-order chi connectivity index (χ1) is 18.1. The standard InChI is InChI=1S/C26H34N2.C4H6O6/c1-26(2)23-16-27(15-20-13-14-20)17-24(26)19-28(18-23)25(21-9-5-3-6-10-21)22-11-7-4-8-12-22;5-1(3(7)8)2(6)4(9)10/h3-12,20,23-25H,13-19H2,1-2H3;1-2,5-6H,(H,7,8)(H,9,10). The fraction of sp³-hybridized carbons (Fsp3) is 0.533. The van der Waals surface area contributed by atoms with Crippen molar-refractivity contribution >= 4 is 11.9 Å². The van der Waals surface area contributed by atoms with Crippen LogP contribution in [0.5, 0.6) is 0 Å². The average Bonchev–Trinajstić information content (AvgIpc) is 3.70. The molecule has 0 amide bonds. The largest absolute Gasteiger partial charge is 0.479 e. The molecule has 38 heavy (non-hydrogen) atoms. The lowest BCUT2D eigenvalue weighted by atomic mass is 9.63. The van der Waals surface area contributed by atoms with E-state index in [9.17, 15) is 9.59 Å². The van der Waals surface area contributed by atoms with Gasteiger partial charge in [0.1, 0.15) is 0 Å². The lowest BCUT2D eigenvalue weighted by Crippen LogP contribution is -2.62. The Balaban J connectivity index is 0.000000289. The summed E-state index contributed by atoms with van der Waals surface area (Å²) in [4.78, 5) is 25.1. The zero-order chi connectivity index (χ0) is 27.4. The van der Waals surface area contributed by atoms with Gasteiger partial charge in [0.05, 0.1) is 6.04 Å². The summed E-state index contributed by atoms with van der Waals surface area (Å²) in [5.41, 5.74) is 3.32. The maximum atomic E-state index is 9.77. The molecular weight excluding hydrogens is 484 g/mol. The van der Waals surface area contributed by atoms with Gasteiger partial charge >= 0.3 is 11.9 Å². The number of piperidine rings is 2. The molecule has 2 bridgehead atoms. The van der Waals surface area contributed by atoms with E-state index in [0.717, 1.165) is 17.8 Å². The third-order valence-corrected chi connectivity index (χ3v) is 8.59. The molecule has 8 heteroatoms. The Morgan fingerprint density at radius 1 is 0.789 bits per heavy atom. The van der Waals surface area contributed by atoms with E-state index >= 15 is 0 Å². The van der Waals surface area contributed by atoms with Crippen molar-refractivity contribution in [3.63, 3.8) is 0 Å². The van der Waals surface area contributed by atoms with Crippen molar-refractivity contribution in [2.45, 2.75) is 44.9 Å². The molecule has 4 unspecified atom stereocenters. The molecule has 0 spiro atoms. The van der Waals surface area contributed by atoms with Gasteiger partial charge in [0.2, 0.25) is 0 Å². The van der Waals surface area contributed by atoms with Crippen LogP contribution in [0.4, 0.5) is 0 Å². The van der Waals surface area contributed by atoms with E-state index in [1.165, 1.54) is 56.7 Å². The third kappa shape index (κ3) is 6.61. The number of carbonyl (C=O) groups is 2. The van der Waals surface area contributed by atoms with E-state index in [4.69, 9.17) is 20.4 Å². The molecule has 2 saturated heterocycles. The van der Waals surface area contributed by atoms with Crippen LogP contribution in [-0.4, -0.2) is 87.1 Å². The molecular formula is C30H40N2O6. The van der Waals surface area contributed by atoms with Crippen molar-refractivity contribution < 1.29 is 30.0 Å². The number of carboxylic acids is 2. The van der Waals surface area contributed by atoms with Gasteiger partial charge < -0.3 is 25.3 Å². The second-order valence-electron chi connectivity index (χ2n) is 11.6. The van der Waals surface area contributed by atoms with E-state index in [1.54, 1.807) is 0 Å². The van der Waals surface area contributed by atoms with Crippen LogP contribution in [0.3, 0.4) is 0 Å². The Morgan fingerprint density at radius 3 is 1.58 bits per heavy atom. The molecule has 3 aliphatic rings. The molecule has 206 valence electrons. The van der Waals surface area contributed by atoms with Crippen molar-refractivity contribution in [3.05, 3.63) is 71.8 Å². The second-order valence-corrected chi connectivity index (χ2v) is 11.6. The van der Waals surface area contributed by atoms with Crippen LogP contribution in [0.15, 0.2) is 60.7 Å². The first-order valence-electron chi connectivity index (χ1n) is 13.5. The van der Waals surface area contributed by atoms with Crippen molar-refractivity contribution in [1.82, 2.24) is 9.80 Å². The molecule has 2 heterocycles. The average molecular weight is 525 g/mol. The van der Waals surface area contributed by atoms with E-state index in [1.807, 2.05) is 0 Å². The number of rotatable bonds is 8. The molecule has 1 aliphatic carbocycles. The summed E-state index contributed by atoms with van der Waals surface area (Å²) in [6, 6.07) is 22.7. The van der Waals surface area contributed by atoms with Gasteiger partial charge in [-0.3, -0.25) is 4.90 Å². The van der Waals surface area contributed by atoms with Gasteiger partial charge in [-0.25, -0.2) is 9.59 Å². The molecule has 2 aromatic rings. The number of aliphatic carboxylic acids is 2. The second kappa shape index (κ2) is 11.9. The van der Waals surface area contributed by atoms with E-state index < -0.39 is 24.1 Å². The van der Waals surface area contributed by atoms with Gasteiger partial charge in [-0.15, -0.1) is 0 Å². The zero-order valence-corrected chi connectivity index (χ0v) is 22.2. The first-order valence-corrected chi connectivity index (χ1v) is 13.5. The van der Waals surface area contributed by atoms with Gasteiger partial charge in [-0.1, -0.05) is 74.5 Å². The Bertz CT molecular complexity index is 999. The highest BCUT2D eigenvalue weighted by molar-refractivity contribution is 5.83. The quantitative estimate of drug-likeness (QED) is 0.416. The maximum absolute atomic E-state index is 9.77. The Morgan fingerprint density at radius 2 is 1.21 bits per heavy atom. The molecule has 4 atom stereocenters. The summed E-state index contributed by atoms with van der Waals surface area (Å²) >= 11 is 0. The summed E-state index contributed by atoms with van der Waals surface area (Å²) < 4.78 is 0. The van der Waals surface area contributed by atoms with Crippen molar-refractivity contribution in [2.24, 2.45) is 23.2 Å². The Kier molecular flexibility index (Phi) is 8.88. The summed E-state index contributed by atoms with van der Waals surface area (Å²) in [5.74, 6) is -1.02. The topological polar surface area (TPSA) is 122 Å². The predicted molar refractivity (Wildman–Crippen MR) is 144 cm³/mol. The molecule has 2 aromatic carbocycles. The minimum Gasteiger partial charge on any atom is -0.479 e. The van der Waals surface area contributed by atoms with E-state index in [0.29, 0.717) is 11.5 Å². The molecule has 0 aromatic heterocycles. The number of carboxylic acid groups (broad SMARTS) is 2. The number of hydrogen-bond donors (Lipinski definition) is 4. The van der Waals surface area contributed by atoms with Crippen LogP contribution in [0.2, 0.25) is 0 Å². The summed E-state index contributed by atoms with van der Waals surface area (Å²) in [6.45, 7) is 11.4. The maximum Gasteiger partial charge on any atom is 0.335 e. The normalized spacial score (nSPS) is 24.7. The highest BCUT2D eigenvalue weighted by Crippen LogP contribution is 2.47. The summed E-state index contributed by atoms with van der Waals surface area (Å²) in [7, 11) is 0. The van der Waals surface area contributed by atoms with E-state index in [2.05, 4.69) is 84.3 Å². The minimum absolute atomic E-state index is 0.374.